The lowest BCUT2D eigenvalue weighted by Gasteiger charge is -2.30. The molecule has 0 aromatic heterocycles. The molecule has 1 fully saturated rings. The van der Waals surface area contributed by atoms with Gasteiger partial charge in [0, 0.05) is 25.0 Å². The van der Waals surface area contributed by atoms with Gasteiger partial charge < -0.3 is 16.0 Å². The van der Waals surface area contributed by atoms with E-state index in [2.05, 4.69) is 17.3 Å². The lowest BCUT2D eigenvalue weighted by molar-refractivity contribution is -0.122. The minimum absolute atomic E-state index is 0.181. The van der Waals surface area contributed by atoms with E-state index in [4.69, 9.17) is 5.73 Å². The Hall–Kier alpha value is -0.610. The molecule has 1 heterocycles. The van der Waals surface area contributed by atoms with Crippen molar-refractivity contribution in [2.75, 3.05) is 20.1 Å². The average molecular weight is 227 g/mol. The number of rotatable bonds is 5. The molecule has 0 spiro atoms. The standard InChI is InChI=1S/C12H25N3O/c1-10(13)5-3-7-12(16)14-11-6-4-8-15(2)9-11/h10-11H,3-9,13H2,1-2H3,(H,14,16). The van der Waals surface area contributed by atoms with Gasteiger partial charge in [0.05, 0.1) is 0 Å². The van der Waals surface area contributed by atoms with E-state index in [9.17, 15) is 4.79 Å². The van der Waals surface area contributed by atoms with Crippen LogP contribution < -0.4 is 11.1 Å². The van der Waals surface area contributed by atoms with Crippen molar-refractivity contribution in [3.05, 3.63) is 0 Å². The molecule has 1 amide bonds. The quantitative estimate of drug-likeness (QED) is 0.727. The van der Waals surface area contributed by atoms with Crippen molar-refractivity contribution in [3.8, 4) is 0 Å². The van der Waals surface area contributed by atoms with Gasteiger partial charge in [0.2, 0.25) is 5.91 Å². The Morgan fingerprint density at radius 2 is 2.38 bits per heavy atom. The molecule has 1 rings (SSSR count). The first-order valence-corrected chi connectivity index (χ1v) is 6.31. The molecule has 0 aromatic carbocycles. The molecular formula is C12H25N3O. The van der Waals surface area contributed by atoms with Crippen LogP contribution in [0.5, 0.6) is 0 Å². The summed E-state index contributed by atoms with van der Waals surface area (Å²) in [5, 5.41) is 3.10. The summed E-state index contributed by atoms with van der Waals surface area (Å²) in [5.74, 6) is 0.181. The monoisotopic (exact) mass is 227 g/mol. The van der Waals surface area contributed by atoms with Crippen LogP contribution in [0.1, 0.15) is 39.0 Å². The summed E-state index contributed by atoms with van der Waals surface area (Å²) < 4.78 is 0. The van der Waals surface area contributed by atoms with Crippen LogP contribution in [0.25, 0.3) is 0 Å². The second kappa shape index (κ2) is 6.86. The summed E-state index contributed by atoms with van der Waals surface area (Å²) in [5.41, 5.74) is 5.64. The average Bonchev–Trinajstić information content (AvgIpc) is 2.16. The molecule has 2 atom stereocenters. The number of nitrogens with two attached hydrogens (primary N) is 1. The van der Waals surface area contributed by atoms with Gasteiger partial charge in [0.15, 0.2) is 0 Å². The second-order valence-corrected chi connectivity index (χ2v) is 5.04. The Labute approximate surface area is 98.6 Å². The molecule has 1 aliphatic heterocycles. The number of likely N-dealkylation sites (tertiary alicyclic amines) is 1. The zero-order chi connectivity index (χ0) is 12.0. The Bertz CT molecular complexity index is 218. The van der Waals surface area contributed by atoms with E-state index in [1.165, 1.54) is 6.42 Å². The maximum Gasteiger partial charge on any atom is 0.220 e. The molecule has 0 bridgehead atoms. The lowest BCUT2D eigenvalue weighted by atomic mass is 10.1. The van der Waals surface area contributed by atoms with Gasteiger partial charge in [-0.15, -0.1) is 0 Å². The second-order valence-electron chi connectivity index (χ2n) is 5.04. The number of carbonyl (C=O) groups is 1. The number of piperidine rings is 1. The number of carbonyl (C=O) groups excluding carboxylic acids is 1. The fourth-order valence-electron chi connectivity index (χ4n) is 2.17. The molecule has 94 valence electrons. The van der Waals surface area contributed by atoms with E-state index in [1.54, 1.807) is 0 Å². The van der Waals surface area contributed by atoms with Crippen molar-refractivity contribution in [2.24, 2.45) is 5.73 Å². The zero-order valence-electron chi connectivity index (χ0n) is 10.5. The zero-order valence-corrected chi connectivity index (χ0v) is 10.5. The molecule has 4 nitrogen and oxygen atoms in total. The van der Waals surface area contributed by atoms with E-state index in [0.29, 0.717) is 12.5 Å². The third-order valence-corrected chi connectivity index (χ3v) is 3.05. The third kappa shape index (κ3) is 5.47. The fourth-order valence-corrected chi connectivity index (χ4v) is 2.17. The molecule has 0 radical (unpaired) electrons. The van der Waals surface area contributed by atoms with Crippen molar-refractivity contribution in [2.45, 2.75) is 51.1 Å². The van der Waals surface area contributed by atoms with Crippen molar-refractivity contribution >= 4 is 5.91 Å². The highest BCUT2D eigenvalue weighted by atomic mass is 16.1. The molecular weight excluding hydrogens is 202 g/mol. The third-order valence-electron chi connectivity index (χ3n) is 3.05. The highest BCUT2D eigenvalue weighted by Crippen LogP contribution is 2.08. The smallest absolute Gasteiger partial charge is 0.220 e. The van der Waals surface area contributed by atoms with E-state index < -0.39 is 0 Å². The van der Waals surface area contributed by atoms with Gasteiger partial charge in [0.25, 0.3) is 0 Å². The van der Waals surface area contributed by atoms with Crippen LogP contribution in [0.15, 0.2) is 0 Å². The first kappa shape index (κ1) is 13.5. The van der Waals surface area contributed by atoms with Gasteiger partial charge in [-0.1, -0.05) is 0 Å². The van der Waals surface area contributed by atoms with Gasteiger partial charge in [-0.3, -0.25) is 4.79 Å². The molecule has 16 heavy (non-hydrogen) atoms. The van der Waals surface area contributed by atoms with Crippen LogP contribution in [0, 0.1) is 0 Å². The van der Waals surface area contributed by atoms with E-state index in [0.717, 1.165) is 32.4 Å². The van der Waals surface area contributed by atoms with Crippen LogP contribution in [0.3, 0.4) is 0 Å². The summed E-state index contributed by atoms with van der Waals surface area (Å²) in [6, 6.07) is 0.551. The maximum atomic E-state index is 11.6. The largest absolute Gasteiger partial charge is 0.352 e. The summed E-state index contributed by atoms with van der Waals surface area (Å²) in [6.45, 7) is 4.12. The fraction of sp³-hybridized carbons (Fsp3) is 0.917. The SMILES string of the molecule is CC(N)CCCC(=O)NC1CCCN(C)C1. The van der Waals surface area contributed by atoms with Gasteiger partial charge >= 0.3 is 0 Å². The Morgan fingerprint density at radius 3 is 3.00 bits per heavy atom. The minimum atomic E-state index is 0.181. The first-order valence-electron chi connectivity index (χ1n) is 6.31. The van der Waals surface area contributed by atoms with E-state index in [-0.39, 0.29) is 11.9 Å². The van der Waals surface area contributed by atoms with Crippen LogP contribution in [0.4, 0.5) is 0 Å². The van der Waals surface area contributed by atoms with Crippen LogP contribution in [-0.4, -0.2) is 43.0 Å². The van der Waals surface area contributed by atoms with Gasteiger partial charge in [-0.25, -0.2) is 0 Å². The van der Waals surface area contributed by atoms with Crippen molar-refractivity contribution in [3.63, 3.8) is 0 Å². The normalized spacial score (nSPS) is 24.1. The molecule has 0 aliphatic carbocycles. The van der Waals surface area contributed by atoms with Crippen LogP contribution >= 0.6 is 0 Å². The number of nitrogens with zero attached hydrogens (tertiary/aromatic N) is 1. The van der Waals surface area contributed by atoms with Gasteiger partial charge in [-0.2, -0.15) is 0 Å². The minimum Gasteiger partial charge on any atom is -0.352 e. The number of hydrogen-bond donors (Lipinski definition) is 2. The molecule has 1 aliphatic rings. The summed E-state index contributed by atoms with van der Waals surface area (Å²) in [7, 11) is 2.11. The van der Waals surface area contributed by atoms with Crippen molar-refractivity contribution in [1.29, 1.82) is 0 Å². The Kier molecular flexibility index (Phi) is 5.77. The predicted molar refractivity (Wildman–Crippen MR) is 66.2 cm³/mol. The van der Waals surface area contributed by atoms with Crippen LogP contribution in [0.2, 0.25) is 0 Å². The lowest BCUT2D eigenvalue weighted by Crippen LogP contribution is -2.46. The molecule has 4 heteroatoms. The highest BCUT2D eigenvalue weighted by molar-refractivity contribution is 5.76. The van der Waals surface area contributed by atoms with Crippen molar-refractivity contribution < 1.29 is 4.79 Å². The first-order chi connectivity index (χ1) is 7.58. The summed E-state index contributed by atoms with van der Waals surface area (Å²) >= 11 is 0. The van der Waals surface area contributed by atoms with E-state index in [1.807, 2.05) is 6.92 Å². The molecule has 0 aromatic rings. The number of amides is 1. The van der Waals surface area contributed by atoms with Crippen molar-refractivity contribution in [1.82, 2.24) is 10.2 Å². The highest BCUT2D eigenvalue weighted by Gasteiger charge is 2.18. The van der Waals surface area contributed by atoms with E-state index >= 15 is 0 Å². The molecule has 3 N–H and O–H groups in total. The summed E-state index contributed by atoms with van der Waals surface area (Å²) in [4.78, 5) is 13.9. The predicted octanol–water partition coefficient (Wildman–Crippen LogP) is 0.714. The number of nitrogens with one attached hydrogen (secondary N) is 1. The number of likely N-dealkylation sites (N-methyl/N-ethyl adjacent to an activating group) is 1. The van der Waals surface area contributed by atoms with Gasteiger partial charge in [0.1, 0.15) is 0 Å². The summed E-state index contributed by atoms with van der Waals surface area (Å²) in [6.07, 6.45) is 4.73. The molecule has 1 saturated heterocycles. The van der Waals surface area contributed by atoms with Gasteiger partial charge in [-0.05, 0) is 46.2 Å². The Morgan fingerprint density at radius 1 is 1.62 bits per heavy atom. The molecule has 2 unspecified atom stereocenters. The Balaban J connectivity index is 2.13. The topological polar surface area (TPSA) is 58.4 Å². The van der Waals surface area contributed by atoms with Crippen LogP contribution in [-0.2, 0) is 4.79 Å². The maximum absolute atomic E-state index is 11.6. The number of hydrogen-bond acceptors (Lipinski definition) is 3. The molecule has 0 saturated carbocycles.